The minimum Gasteiger partial charge on any atom is -0.390 e. The number of aliphatic hydroxyl groups is 3. The van der Waals surface area contributed by atoms with E-state index in [1.54, 1.807) is 0 Å². The molecule has 1 aliphatic rings. The van der Waals surface area contributed by atoms with E-state index in [4.69, 9.17) is 5.73 Å². The maximum Gasteiger partial charge on any atom is 0.220 e. The van der Waals surface area contributed by atoms with E-state index in [0.29, 0.717) is 18.7 Å². The second-order valence-electron chi connectivity index (χ2n) is 10.7. The van der Waals surface area contributed by atoms with Crippen LogP contribution in [0.1, 0.15) is 59.8 Å². The smallest absolute Gasteiger partial charge is 0.220 e. The van der Waals surface area contributed by atoms with Crippen LogP contribution in [0.5, 0.6) is 0 Å². The van der Waals surface area contributed by atoms with Crippen LogP contribution < -0.4 is 11.1 Å². The van der Waals surface area contributed by atoms with E-state index >= 15 is 0 Å². The molecule has 2 aromatic rings. The van der Waals surface area contributed by atoms with Crippen molar-refractivity contribution in [1.82, 2.24) is 5.32 Å². The predicted molar refractivity (Wildman–Crippen MR) is 145 cm³/mol. The zero-order valence-corrected chi connectivity index (χ0v) is 22.3. The molecule has 1 heterocycles. The molecule has 1 saturated heterocycles. The van der Waals surface area contributed by atoms with Crippen molar-refractivity contribution in [3.05, 3.63) is 70.3 Å². The average molecular weight is 503 g/mol. The Morgan fingerprint density at radius 2 is 1.74 bits per heavy atom. The van der Waals surface area contributed by atoms with Gasteiger partial charge in [-0.25, -0.2) is 10.9 Å². The first-order valence-corrected chi connectivity index (χ1v) is 14.5. The largest absolute Gasteiger partial charge is 0.390 e. The molecule has 194 valence electrons. The molecule has 0 spiro atoms. The van der Waals surface area contributed by atoms with Crippen molar-refractivity contribution >= 4 is 16.8 Å². The van der Waals surface area contributed by atoms with Gasteiger partial charge < -0.3 is 26.4 Å². The highest BCUT2D eigenvalue weighted by Gasteiger charge is 2.40. The van der Waals surface area contributed by atoms with Gasteiger partial charge in [0.1, 0.15) is 6.10 Å². The molecule has 35 heavy (non-hydrogen) atoms. The van der Waals surface area contributed by atoms with Gasteiger partial charge in [-0.3, -0.25) is 4.79 Å². The molecule has 6 N–H and O–H groups in total. The molecule has 1 amide bonds. The minimum absolute atomic E-state index is 0.0383. The Balaban J connectivity index is 1.59. The lowest BCUT2D eigenvalue weighted by Gasteiger charge is -2.42. The summed E-state index contributed by atoms with van der Waals surface area (Å²) in [6.07, 6.45) is 2.09. The van der Waals surface area contributed by atoms with E-state index in [1.807, 2.05) is 19.9 Å². The Hall–Kier alpha value is -1.90. The number of benzene rings is 2. The highest BCUT2D eigenvalue weighted by molar-refractivity contribution is 8.16. The molecule has 6 nitrogen and oxygen atoms in total. The minimum atomic E-state index is -1.10. The van der Waals surface area contributed by atoms with E-state index in [2.05, 4.69) is 54.9 Å². The molecule has 0 aliphatic carbocycles. The number of carbonyl (C=O) groups excluding carboxylic acids is 1. The maximum absolute atomic E-state index is 12.0. The maximum atomic E-state index is 12.0. The van der Waals surface area contributed by atoms with Crippen LogP contribution in [0, 0.1) is 6.92 Å². The Labute approximate surface area is 212 Å². The standard InChI is InChI=1S/C28H42N2O4S/c1-18-8-13-21(27-26(34)25(33)23(31)16-35(27)4)15-22(18)14-20-11-9-19(10-12-20)6-5-7-24(32)30-17-28(2,3)29/h8-13,15,23,25-27,31,33-35H,5-7,14,16-17,29H2,1-4H3,(H,30,32)/t23-,25-,26-,27+/m1/s1. The Morgan fingerprint density at radius 3 is 2.40 bits per heavy atom. The summed E-state index contributed by atoms with van der Waals surface area (Å²) in [5.74, 6) is 0.576. The van der Waals surface area contributed by atoms with Crippen LogP contribution >= 0.6 is 10.9 Å². The molecule has 1 aliphatic heterocycles. The predicted octanol–water partition coefficient (Wildman–Crippen LogP) is 2.53. The number of aliphatic hydroxyl groups excluding tert-OH is 3. The van der Waals surface area contributed by atoms with E-state index in [1.165, 1.54) is 22.3 Å². The third-order valence-corrected chi connectivity index (χ3v) is 9.26. The molecule has 0 saturated carbocycles. The molecular formula is C28H42N2O4S. The van der Waals surface area contributed by atoms with Crippen LogP contribution in [-0.2, 0) is 17.6 Å². The van der Waals surface area contributed by atoms with Gasteiger partial charge in [0.25, 0.3) is 0 Å². The molecule has 0 radical (unpaired) electrons. The van der Waals surface area contributed by atoms with Gasteiger partial charge in [0, 0.05) is 29.5 Å². The second kappa shape index (κ2) is 11.9. The topological polar surface area (TPSA) is 116 Å². The molecule has 1 fully saturated rings. The number of aryl methyl sites for hydroxylation is 2. The molecule has 1 unspecified atom stereocenters. The van der Waals surface area contributed by atoms with Crippen LogP contribution in [0.3, 0.4) is 0 Å². The van der Waals surface area contributed by atoms with Gasteiger partial charge in [-0.15, -0.1) is 0 Å². The van der Waals surface area contributed by atoms with E-state index < -0.39 is 34.7 Å². The summed E-state index contributed by atoms with van der Waals surface area (Å²) < 4.78 is 0. The van der Waals surface area contributed by atoms with Crippen LogP contribution in [0.25, 0.3) is 0 Å². The van der Waals surface area contributed by atoms with Crippen molar-refractivity contribution < 1.29 is 20.1 Å². The van der Waals surface area contributed by atoms with Crippen molar-refractivity contribution in [2.45, 2.75) is 75.6 Å². The monoisotopic (exact) mass is 502 g/mol. The summed E-state index contributed by atoms with van der Waals surface area (Å²) in [6.45, 7) is 6.35. The van der Waals surface area contributed by atoms with Crippen molar-refractivity contribution in [1.29, 1.82) is 0 Å². The van der Waals surface area contributed by atoms with Crippen molar-refractivity contribution in [3.63, 3.8) is 0 Å². The summed E-state index contributed by atoms with van der Waals surface area (Å²) >= 11 is 0. The lowest BCUT2D eigenvalue weighted by Crippen LogP contribution is -2.47. The van der Waals surface area contributed by atoms with Gasteiger partial charge in [-0.05, 0) is 74.1 Å². The van der Waals surface area contributed by atoms with E-state index in [0.717, 1.165) is 24.8 Å². The summed E-state index contributed by atoms with van der Waals surface area (Å²) in [5.41, 5.74) is 11.3. The first-order chi connectivity index (χ1) is 16.4. The van der Waals surface area contributed by atoms with Crippen LogP contribution in [0.4, 0.5) is 0 Å². The number of nitrogens with two attached hydrogens (primary N) is 1. The van der Waals surface area contributed by atoms with Gasteiger partial charge in [0.05, 0.1) is 12.2 Å². The zero-order chi connectivity index (χ0) is 25.8. The lowest BCUT2D eigenvalue weighted by molar-refractivity contribution is -0.121. The molecule has 3 rings (SSSR count). The number of nitrogens with one attached hydrogen (secondary N) is 1. The van der Waals surface area contributed by atoms with Gasteiger partial charge >= 0.3 is 0 Å². The lowest BCUT2D eigenvalue weighted by atomic mass is 9.93. The van der Waals surface area contributed by atoms with E-state index in [-0.39, 0.29) is 11.2 Å². The first-order valence-electron chi connectivity index (χ1n) is 12.4. The highest BCUT2D eigenvalue weighted by atomic mass is 32.2. The van der Waals surface area contributed by atoms with Crippen LogP contribution in [0.2, 0.25) is 0 Å². The average Bonchev–Trinajstić information content (AvgIpc) is 2.79. The number of carbonyl (C=O) groups is 1. The Kier molecular flexibility index (Phi) is 9.40. The third kappa shape index (κ3) is 7.79. The number of hydrogen-bond acceptors (Lipinski definition) is 5. The molecule has 0 bridgehead atoms. The fourth-order valence-electron chi connectivity index (χ4n) is 4.62. The molecule has 0 aromatic heterocycles. The Morgan fingerprint density at radius 1 is 1.09 bits per heavy atom. The number of thiol groups is 1. The number of rotatable bonds is 9. The van der Waals surface area contributed by atoms with Crippen LogP contribution in [-0.4, -0.2) is 63.6 Å². The van der Waals surface area contributed by atoms with Crippen molar-refractivity contribution in [3.8, 4) is 0 Å². The quantitative estimate of drug-likeness (QED) is 0.295. The van der Waals surface area contributed by atoms with Crippen LogP contribution in [0.15, 0.2) is 42.5 Å². The van der Waals surface area contributed by atoms with E-state index in [9.17, 15) is 20.1 Å². The molecule has 7 heteroatoms. The fraction of sp³-hybridized carbons (Fsp3) is 0.536. The van der Waals surface area contributed by atoms with Gasteiger partial charge in [-0.2, -0.15) is 0 Å². The molecular weight excluding hydrogens is 460 g/mol. The number of amides is 1. The normalized spacial score (nSPS) is 25.9. The summed E-state index contributed by atoms with van der Waals surface area (Å²) in [5, 5.41) is 33.6. The van der Waals surface area contributed by atoms with Gasteiger partial charge in [0.2, 0.25) is 5.91 Å². The summed E-state index contributed by atoms with van der Waals surface area (Å²) in [4.78, 5) is 12.0. The molecule has 2 aromatic carbocycles. The molecule has 5 atom stereocenters. The number of hydrogen-bond donors (Lipinski definition) is 6. The zero-order valence-electron chi connectivity index (χ0n) is 21.4. The first kappa shape index (κ1) is 27.7. The fourth-order valence-corrected chi connectivity index (χ4v) is 7.02. The SMILES string of the molecule is Cc1ccc([C@H]2[C@H](O)[C@H](O)[C@H](O)C[SH]2C)cc1Cc1ccc(CCCC(=O)NCC(C)(C)N)cc1. The second-order valence-corrected chi connectivity index (χ2v) is 13.2. The third-order valence-electron chi connectivity index (χ3n) is 6.76. The summed E-state index contributed by atoms with van der Waals surface area (Å²) in [6, 6.07) is 14.8. The van der Waals surface area contributed by atoms with Crippen molar-refractivity contribution in [2.75, 3.05) is 18.6 Å². The highest BCUT2D eigenvalue weighted by Crippen LogP contribution is 2.48. The van der Waals surface area contributed by atoms with Gasteiger partial charge in [-0.1, -0.05) is 42.5 Å². The van der Waals surface area contributed by atoms with Crippen molar-refractivity contribution in [2.24, 2.45) is 5.73 Å². The van der Waals surface area contributed by atoms with Gasteiger partial charge in [0.15, 0.2) is 0 Å². The Bertz CT molecular complexity index is 989. The summed E-state index contributed by atoms with van der Waals surface area (Å²) in [7, 11) is -0.636.